The van der Waals surface area contributed by atoms with Gasteiger partial charge in [0.25, 0.3) is 0 Å². The predicted octanol–water partition coefficient (Wildman–Crippen LogP) is 3.81. The van der Waals surface area contributed by atoms with Crippen LogP contribution in [-0.4, -0.2) is 17.3 Å². The monoisotopic (exact) mass is 270 g/mol. The Morgan fingerprint density at radius 1 is 1.41 bits per heavy atom. The van der Waals surface area contributed by atoms with Crippen LogP contribution in [-0.2, 0) is 4.79 Å². The molecule has 0 heterocycles. The van der Waals surface area contributed by atoms with E-state index in [0.717, 1.165) is 6.08 Å². The normalized spacial score (nSPS) is 28.0. The lowest BCUT2D eigenvalue weighted by Crippen LogP contribution is -2.08. The Morgan fingerprint density at radius 3 is 2.12 bits per heavy atom. The Bertz CT molecular complexity index is 345. The van der Waals surface area contributed by atoms with Gasteiger partial charge in [-0.3, -0.25) is 4.79 Å². The van der Waals surface area contributed by atoms with E-state index in [1.165, 1.54) is 0 Å². The fraction of sp³-hybridized carbons (Fsp3) is 0.727. The minimum Gasteiger partial charge on any atom is -0.481 e. The zero-order chi connectivity index (χ0) is 13.4. The first-order valence-electron chi connectivity index (χ1n) is 5.38. The third-order valence-electron chi connectivity index (χ3n) is 3.71. The number of allylic oxidation sites excluding steroid dienone is 2. The van der Waals surface area contributed by atoms with E-state index in [1.807, 2.05) is 0 Å². The summed E-state index contributed by atoms with van der Waals surface area (Å²) in [6, 6.07) is 0. The van der Waals surface area contributed by atoms with E-state index in [9.17, 15) is 18.0 Å². The van der Waals surface area contributed by atoms with Crippen LogP contribution in [0.1, 0.15) is 26.7 Å². The highest BCUT2D eigenvalue weighted by atomic mass is 35.5. The number of hydrogen-bond donors (Lipinski definition) is 1. The maximum atomic E-state index is 12.3. The molecule has 0 saturated heterocycles. The number of hydrogen-bond acceptors (Lipinski definition) is 1. The van der Waals surface area contributed by atoms with Gasteiger partial charge in [0.15, 0.2) is 0 Å². The molecule has 1 aliphatic carbocycles. The van der Waals surface area contributed by atoms with Crippen LogP contribution in [0.5, 0.6) is 0 Å². The van der Waals surface area contributed by atoms with Gasteiger partial charge in [-0.2, -0.15) is 13.2 Å². The molecule has 0 radical (unpaired) electrons. The zero-order valence-corrected chi connectivity index (χ0v) is 10.3. The molecule has 1 N–H and O–H groups in total. The van der Waals surface area contributed by atoms with Crippen molar-refractivity contribution in [3.05, 3.63) is 11.1 Å². The quantitative estimate of drug-likeness (QED) is 0.843. The maximum Gasteiger partial charge on any atom is 0.426 e. The van der Waals surface area contributed by atoms with Crippen molar-refractivity contribution in [2.45, 2.75) is 32.9 Å². The van der Waals surface area contributed by atoms with Crippen molar-refractivity contribution >= 4 is 17.6 Å². The van der Waals surface area contributed by atoms with E-state index in [-0.39, 0.29) is 0 Å². The maximum absolute atomic E-state index is 12.3. The molecule has 1 aliphatic rings. The topological polar surface area (TPSA) is 37.3 Å². The number of carboxylic acid groups (broad SMARTS) is 1. The smallest absolute Gasteiger partial charge is 0.426 e. The fourth-order valence-corrected chi connectivity index (χ4v) is 2.73. The fourth-order valence-electron chi connectivity index (χ4n) is 2.60. The van der Waals surface area contributed by atoms with E-state index in [0.29, 0.717) is 12.8 Å². The molecule has 1 rings (SSSR count). The molecule has 1 saturated carbocycles. The van der Waals surface area contributed by atoms with E-state index < -0.39 is 34.4 Å². The Kier molecular flexibility index (Phi) is 3.81. The number of carbonyl (C=O) groups is 1. The molecule has 0 aliphatic heterocycles. The first-order valence-corrected chi connectivity index (χ1v) is 5.75. The molecule has 0 aromatic rings. The van der Waals surface area contributed by atoms with Gasteiger partial charge in [0.05, 0.1) is 5.92 Å². The standard InChI is InChI=1S/C11H14ClF3O2/c1-3-10(4-2)6(8(10)9(16)17)5-7(12)11(13,14)15/h5-6,8H,3-4H2,1-2H3,(H,16,17). The molecule has 6 heteroatoms. The van der Waals surface area contributed by atoms with Gasteiger partial charge in [-0.1, -0.05) is 31.5 Å². The second kappa shape index (κ2) is 4.52. The lowest BCUT2D eigenvalue weighted by Gasteiger charge is -2.11. The number of carboxylic acids is 1. The van der Waals surface area contributed by atoms with Crippen LogP contribution < -0.4 is 0 Å². The molecule has 2 nitrogen and oxygen atoms in total. The molecule has 0 amide bonds. The molecule has 2 atom stereocenters. The van der Waals surface area contributed by atoms with Crippen LogP contribution in [0.15, 0.2) is 11.1 Å². The predicted molar refractivity (Wildman–Crippen MR) is 57.6 cm³/mol. The van der Waals surface area contributed by atoms with Gasteiger partial charge in [0, 0.05) is 0 Å². The van der Waals surface area contributed by atoms with Crippen LogP contribution in [0.3, 0.4) is 0 Å². The van der Waals surface area contributed by atoms with Gasteiger partial charge in [0.2, 0.25) is 0 Å². The summed E-state index contributed by atoms with van der Waals surface area (Å²) in [7, 11) is 0. The largest absolute Gasteiger partial charge is 0.481 e. The number of halogens is 4. The summed E-state index contributed by atoms with van der Waals surface area (Å²) in [6.07, 6.45) is -2.68. The Hall–Kier alpha value is -0.710. The first-order chi connectivity index (χ1) is 7.70. The SMILES string of the molecule is CCC1(CC)C(C=C(Cl)C(F)(F)F)C1C(=O)O. The molecular formula is C11H14ClF3O2. The molecular weight excluding hydrogens is 257 g/mol. The van der Waals surface area contributed by atoms with Gasteiger partial charge in [-0.15, -0.1) is 0 Å². The summed E-state index contributed by atoms with van der Waals surface area (Å²) < 4.78 is 36.8. The van der Waals surface area contributed by atoms with E-state index in [2.05, 4.69) is 0 Å². The number of rotatable bonds is 4. The second-order valence-electron chi connectivity index (χ2n) is 4.29. The van der Waals surface area contributed by atoms with Gasteiger partial charge < -0.3 is 5.11 Å². The van der Waals surface area contributed by atoms with Crippen molar-refractivity contribution in [3.8, 4) is 0 Å². The van der Waals surface area contributed by atoms with Gasteiger partial charge >= 0.3 is 12.1 Å². The van der Waals surface area contributed by atoms with Gasteiger partial charge in [-0.25, -0.2) is 0 Å². The molecule has 0 spiro atoms. The van der Waals surface area contributed by atoms with Crippen molar-refractivity contribution in [3.63, 3.8) is 0 Å². The molecule has 1 fully saturated rings. The van der Waals surface area contributed by atoms with Crippen LogP contribution in [0.2, 0.25) is 0 Å². The van der Waals surface area contributed by atoms with Crippen LogP contribution in [0.25, 0.3) is 0 Å². The van der Waals surface area contributed by atoms with Crippen LogP contribution >= 0.6 is 11.6 Å². The first kappa shape index (κ1) is 14.4. The van der Waals surface area contributed by atoms with E-state index in [4.69, 9.17) is 16.7 Å². The molecule has 0 bridgehead atoms. The van der Waals surface area contributed by atoms with Gasteiger partial charge in [0.1, 0.15) is 5.03 Å². The summed E-state index contributed by atoms with van der Waals surface area (Å²) in [6.45, 7) is 3.57. The van der Waals surface area contributed by atoms with Crippen LogP contribution in [0.4, 0.5) is 13.2 Å². The third kappa shape index (κ3) is 2.44. The minimum atomic E-state index is -4.60. The highest BCUT2D eigenvalue weighted by molar-refractivity contribution is 6.30. The summed E-state index contributed by atoms with van der Waals surface area (Å²) in [5.74, 6) is -2.43. The number of aliphatic carboxylic acids is 1. The Labute approximate surface area is 102 Å². The summed E-state index contributed by atoms with van der Waals surface area (Å²) in [5.41, 5.74) is -0.572. The van der Waals surface area contributed by atoms with E-state index in [1.54, 1.807) is 13.8 Å². The highest BCUT2D eigenvalue weighted by Crippen LogP contribution is 2.64. The molecule has 17 heavy (non-hydrogen) atoms. The molecule has 2 unspecified atom stereocenters. The molecule has 0 aromatic heterocycles. The second-order valence-corrected chi connectivity index (χ2v) is 4.70. The highest BCUT2D eigenvalue weighted by Gasteiger charge is 2.65. The number of alkyl halides is 3. The summed E-state index contributed by atoms with van der Waals surface area (Å²) >= 11 is 5.15. The Morgan fingerprint density at radius 2 is 1.88 bits per heavy atom. The van der Waals surface area contributed by atoms with Gasteiger partial charge in [-0.05, 0) is 24.2 Å². The van der Waals surface area contributed by atoms with Crippen molar-refractivity contribution < 1.29 is 23.1 Å². The van der Waals surface area contributed by atoms with Crippen LogP contribution in [0, 0.1) is 17.3 Å². The average Bonchev–Trinajstić information content (AvgIpc) is 2.85. The van der Waals surface area contributed by atoms with Crippen molar-refractivity contribution in [1.82, 2.24) is 0 Å². The van der Waals surface area contributed by atoms with Crippen molar-refractivity contribution in [2.75, 3.05) is 0 Å². The zero-order valence-electron chi connectivity index (χ0n) is 9.51. The third-order valence-corrected chi connectivity index (χ3v) is 4.05. The summed E-state index contributed by atoms with van der Waals surface area (Å²) in [4.78, 5) is 11.0. The van der Waals surface area contributed by atoms with E-state index >= 15 is 0 Å². The summed E-state index contributed by atoms with van der Waals surface area (Å²) in [5, 5.41) is 7.76. The van der Waals surface area contributed by atoms with Crippen molar-refractivity contribution in [1.29, 1.82) is 0 Å². The molecule has 0 aromatic carbocycles. The minimum absolute atomic E-state index is 0.531. The van der Waals surface area contributed by atoms with Crippen molar-refractivity contribution in [2.24, 2.45) is 17.3 Å². The average molecular weight is 271 g/mol. The lowest BCUT2D eigenvalue weighted by atomic mass is 9.95. The molecule has 98 valence electrons. The Balaban J connectivity index is 2.97. The lowest BCUT2D eigenvalue weighted by molar-refractivity contribution is -0.139.